The summed E-state index contributed by atoms with van der Waals surface area (Å²) in [5.74, 6) is 1.02. The van der Waals surface area contributed by atoms with Gasteiger partial charge in [-0.1, -0.05) is 71.4 Å². The van der Waals surface area contributed by atoms with Crippen LogP contribution in [0.15, 0.2) is 12.2 Å². The van der Waals surface area contributed by atoms with Crippen molar-refractivity contribution in [1.29, 1.82) is 0 Å². The topological polar surface area (TPSA) is 12.5 Å². The fourth-order valence-corrected chi connectivity index (χ4v) is 3.07. The number of hydrogen-bond acceptors (Lipinski definition) is 1. The van der Waals surface area contributed by atoms with Crippen LogP contribution in [0.1, 0.15) is 91.4 Å². The van der Waals surface area contributed by atoms with Gasteiger partial charge >= 0.3 is 0 Å². The van der Waals surface area contributed by atoms with Crippen molar-refractivity contribution in [3.8, 4) is 0 Å². The summed E-state index contributed by atoms with van der Waals surface area (Å²) in [5.41, 5.74) is 0.519. The van der Waals surface area contributed by atoms with Crippen molar-refractivity contribution in [1.82, 2.24) is 0 Å². The van der Waals surface area contributed by atoms with E-state index in [4.69, 9.17) is 4.74 Å². The van der Waals surface area contributed by atoms with Gasteiger partial charge in [0.2, 0.25) is 0 Å². The summed E-state index contributed by atoms with van der Waals surface area (Å²) in [7, 11) is 0. The summed E-state index contributed by atoms with van der Waals surface area (Å²) in [4.78, 5) is 0. The monoisotopic (exact) mass is 292 g/mol. The molecule has 0 amide bonds. The van der Waals surface area contributed by atoms with Crippen LogP contribution >= 0.6 is 0 Å². The Bertz CT molecular complexity index is 308. The molecule has 2 aliphatic rings. The summed E-state index contributed by atoms with van der Waals surface area (Å²) in [5, 5.41) is 0. The maximum Gasteiger partial charge on any atom is 0.0876 e. The lowest BCUT2D eigenvalue weighted by atomic mass is 9.89. The quantitative estimate of drug-likeness (QED) is 0.248. The molecule has 0 spiro atoms. The first-order valence-electron chi connectivity index (χ1n) is 9.35. The molecule has 1 saturated carbocycles. The standard InChI is InChI=1S/C20H36O/c1-20(2,3)15-11-9-7-5-4-6-8-10-12-18-19(21-18)16-17-13-14-17/h8,10,17-19H,4-7,9,11-16H2,1-3H3/b10-8-. The van der Waals surface area contributed by atoms with Gasteiger partial charge in [-0.15, -0.1) is 0 Å². The van der Waals surface area contributed by atoms with Crippen molar-refractivity contribution in [3.05, 3.63) is 12.2 Å². The van der Waals surface area contributed by atoms with E-state index in [1.807, 2.05) is 0 Å². The fourth-order valence-electron chi connectivity index (χ4n) is 3.07. The van der Waals surface area contributed by atoms with Crippen molar-refractivity contribution < 1.29 is 4.74 Å². The zero-order valence-corrected chi connectivity index (χ0v) is 14.6. The van der Waals surface area contributed by atoms with Gasteiger partial charge in [-0.2, -0.15) is 0 Å². The Kier molecular flexibility index (Phi) is 6.79. The van der Waals surface area contributed by atoms with E-state index in [2.05, 4.69) is 32.9 Å². The zero-order chi connectivity index (χ0) is 15.1. The predicted octanol–water partition coefficient (Wildman–Crippen LogP) is 6.28. The van der Waals surface area contributed by atoms with E-state index in [1.165, 1.54) is 64.2 Å². The van der Waals surface area contributed by atoms with Gasteiger partial charge in [0.25, 0.3) is 0 Å². The number of hydrogen-bond donors (Lipinski definition) is 0. The number of unbranched alkanes of at least 4 members (excludes halogenated alkanes) is 5. The summed E-state index contributed by atoms with van der Waals surface area (Å²) in [6.45, 7) is 7.03. The molecule has 0 N–H and O–H groups in total. The lowest BCUT2D eigenvalue weighted by Crippen LogP contribution is -2.03. The third-order valence-electron chi connectivity index (χ3n) is 4.78. The predicted molar refractivity (Wildman–Crippen MR) is 91.5 cm³/mol. The van der Waals surface area contributed by atoms with Crippen molar-refractivity contribution in [2.45, 2.75) is 104 Å². The molecule has 0 aromatic rings. The Morgan fingerprint density at radius 1 is 0.905 bits per heavy atom. The molecule has 2 fully saturated rings. The molecule has 1 heteroatoms. The van der Waals surface area contributed by atoms with Gasteiger partial charge in [0.15, 0.2) is 0 Å². The van der Waals surface area contributed by atoms with E-state index in [0.29, 0.717) is 17.6 Å². The molecule has 1 aliphatic heterocycles. The van der Waals surface area contributed by atoms with Crippen molar-refractivity contribution >= 4 is 0 Å². The Morgan fingerprint density at radius 2 is 1.62 bits per heavy atom. The second-order valence-corrected chi connectivity index (χ2v) is 8.47. The smallest absolute Gasteiger partial charge is 0.0876 e. The molecule has 21 heavy (non-hydrogen) atoms. The highest BCUT2D eigenvalue weighted by atomic mass is 16.6. The van der Waals surface area contributed by atoms with Gasteiger partial charge in [-0.05, 0) is 43.4 Å². The maximum absolute atomic E-state index is 5.72. The molecule has 0 aromatic carbocycles. The Morgan fingerprint density at radius 3 is 2.33 bits per heavy atom. The van der Waals surface area contributed by atoms with E-state index in [0.717, 1.165) is 12.3 Å². The molecule has 1 heterocycles. The van der Waals surface area contributed by atoms with Gasteiger partial charge in [-0.3, -0.25) is 0 Å². The van der Waals surface area contributed by atoms with Crippen LogP contribution in [0, 0.1) is 11.3 Å². The van der Waals surface area contributed by atoms with E-state index in [9.17, 15) is 0 Å². The van der Waals surface area contributed by atoms with Crippen LogP contribution in [0.3, 0.4) is 0 Å². The van der Waals surface area contributed by atoms with E-state index in [-0.39, 0.29) is 0 Å². The number of allylic oxidation sites excluding steroid dienone is 1. The third kappa shape index (κ3) is 8.66. The second-order valence-electron chi connectivity index (χ2n) is 8.47. The first-order valence-corrected chi connectivity index (χ1v) is 9.35. The van der Waals surface area contributed by atoms with Crippen LogP contribution in [0.2, 0.25) is 0 Å². The molecule has 2 atom stereocenters. The molecule has 0 bridgehead atoms. The van der Waals surface area contributed by atoms with E-state index >= 15 is 0 Å². The molecular weight excluding hydrogens is 256 g/mol. The molecule has 1 aliphatic carbocycles. The Balaban J connectivity index is 1.33. The average molecular weight is 293 g/mol. The van der Waals surface area contributed by atoms with Gasteiger partial charge in [0.1, 0.15) is 0 Å². The summed E-state index contributed by atoms with van der Waals surface area (Å²) in [6.07, 6.45) is 21.0. The Labute approximate surface area is 132 Å². The molecular formula is C20H36O. The molecule has 122 valence electrons. The number of ether oxygens (including phenoxy) is 1. The minimum atomic E-state index is 0.519. The highest BCUT2D eigenvalue weighted by molar-refractivity contribution is 4.96. The van der Waals surface area contributed by atoms with E-state index < -0.39 is 0 Å². The lowest BCUT2D eigenvalue weighted by molar-refractivity contribution is 0.356. The van der Waals surface area contributed by atoms with Crippen LogP contribution in [0.25, 0.3) is 0 Å². The first kappa shape index (κ1) is 17.1. The van der Waals surface area contributed by atoms with Crippen molar-refractivity contribution in [3.63, 3.8) is 0 Å². The van der Waals surface area contributed by atoms with Gasteiger partial charge in [0, 0.05) is 0 Å². The van der Waals surface area contributed by atoms with Crippen LogP contribution in [-0.4, -0.2) is 12.2 Å². The summed E-state index contributed by atoms with van der Waals surface area (Å²) >= 11 is 0. The van der Waals surface area contributed by atoms with Crippen LogP contribution in [-0.2, 0) is 4.74 Å². The molecule has 1 saturated heterocycles. The zero-order valence-electron chi connectivity index (χ0n) is 14.6. The second kappa shape index (κ2) is 8.36. The molecule has 0 radical (unpaired) electrons. The number of rotatable bonds is 11. The van der Waals surface area contributed by atoms with Crippen LogP contribution in [0.4, 0.5) is 0 Å². The van der Waals surface area contributed by atoms with Gasteiger partial charge in [-0.25, -0.2) is 0 Å². The van der Waals surface area contributed by atoms with Crippen LogP contribution in [0.5, 0.6) is 0 Å². The highest BCUT2D eigenvalue weighted by Gasteiger charge is 2.41. The van der Waals surface area contributed by atoms with Crippen molar-refractivity contribution in [2.75, 3.05) is 0 Å². The largest absolute Gasteiger partial charge is 0.369 e. The minimum absolute atomic E-state index is 0.519. The fraction of sp³-hybridized carbons (Fsp3) is 0.900. The van der Waals surface area contributed by atoms with Gasteiger partial charge < -0.3 is 4.74 Å². The molecule has 2 rings (SSSR count). The average Bonchev–Trinajstić information content (AvgIpc) is 3.30. The normalized spacial score (nSPS) is 25.7. The Hall–Kier alpha value is -0.300. The van der Waals surface area contributed by atoms with Crippen LogP contribution < -0.4 is 0 Å². The third-order valence-corrected chi connectivity index (χ3v) is 4.78. The SMILES string of the molecule is CC(C)(C)CCCCCCC/C=C\CC1OC1CC1CC1. The minimum Gasteiger partial charge on any atom is -0.369 e. The summed E-state index contributed by atoms with van der Waals surface area (Å²) < 4.78 is 5.72. The molecule has 1 nitrogen and oxygen atoms in total. The van der Waals surface area contributed by atoms with Gasteiger partial charge in [0.05, 0.1) is 12.2 Å². The molecule has 2 unspecified atom stereocenters. The lowest BCUT2D eigenvalue weighted by Gasteiger charge is -2.17. The maximum atomic E-state index is 5.72. The van der Waals surface area contributed by atoms with Crippen molar-refractivity contribution in [2.24, 2.45) is 11.3 Å². The highest BCUT2D eigenvalue weighted by Crippen LogP contribution is 2.41. The molecule has 0 aromatic heterocycles. The number of epoxide rings is 1. The summed E-state index contributed by atoms with van der Waals surface area (Å²) in [6, 6.07) is 0. The first-order chi connectivity index (χ1) is 10.0. The van der Waals surface area contributed by atoms with E-state index in [1.54, 1.807) is 0 Å².